The van der Waals surface area contributed by atoms with Gasteiger partial charge in [0.1, 0.15) is 18.1 Å². The fourth-order valence-electron chi connectivity index (χ4n) is 2.62. The van der Waals surface area contributed by atoms with Gasteiger partial charge in [0.2, 0.25) is 0 Å². The van der Waals surface area contributed by atoms with Gasteiger partial charge in [-0.3, -0.25) is 14.9 Å². The first-order valence-electron chi connectivity index (χ1n) is 9.59. The number of hydrogen-bond acceptors (Lipinski definition) is 8. The summed E-state index contributed by atoms with van der Waals surface area (Å²) in [6.45, 7) is 1.37. The molecular weight excluding hydrogens is 487 g/mol. The fourth-order valence-corrected chi connectivity index (χ4v) is 2.84. The zero-order chi connectivity index (χ0) is 25.5. The van der Waals surface area contributed by atoms with E-state index in [-0.39, 0.29) is 35.3 Å². The number of hydrogen-bond donors (Lipinski definition) is 0. The SMILES string of the molecule is COCCOC(=O)C(C)OC(=O)Cc1cc(Oc2ccc(C(F)(F)F)cc2Cl)ccc1[N+](=O)[O-]. The standard InChI is InChI=1S/C21H19ClF3NO8/c1-12(20(28)32-8-7-31-2)33-19(27)10-13-9-15(4-5-17(13)26(29)30)34-18-6-3-14(11-16(18)22)21(23,24)25/h3-6,9,11-12H,7-8,10H2,1-2H3. The molecule has 0 radical (unpaired) electrons. The lowest BCUT2D eigenvalue weighted by Crippen LogP contribution is -2.28. The van der Waals surface area contributed by atoms with Crippen LogP contribution in [-0.4, -0.2) is 43.3 Å². The second-order valence-corrected chi connectivity index (χ2v) is 7.17. The third-order valence-corrected chi connectivity index (χ3v) is 4.54. The van der Waals surface area contributed by atoms with Crippen molar-refractivity contribution < 1.29 is 46.6 Å². The van der Waals surface area contributed by atoms with Gasteiger partial charge < -0.3 is 18.9 Å². The number of nitro groups is 1. The molecule has 2 rings (SSSR count). The average Bonchev–Trinajstić information content (AvgIpc) is 2.74. The molecule has 1 atom stereocenters. The first kappa shape index (κ1) is 26.9. The van der Waals surface area contributed by atoms with Gasteiger partial charge in [-0.1, -0.05) is 11.6 Å². The van der Waals surface area contributed by atoms with E-state index in [0.717, 1.165) is 24.3 Å². The number of nitro benzene ring substituents is 1. The number of carbonyl (C=O) groups excluding carboxylic acids is 2. The molecule has 0 aliphatic rings. The van der Waals surface area contributed by atoms with Crippen LogP contribution in [0.15, 0.2) is 36.4 Å². The van der Waals surface area contributed by atoms with E-state index in [2.05, 4.69) is 0 Å². The summed E-state index contributed by atoms with van der Waals surface area (Å²) in [6.07, 6.45) is -6.46. The zero-order valence-corrected chi connectivity index (χ0v) is 18.6. The molecule has 0 amide bonds. The maximum Gasteiger partial charge on any atom is 0.416 e. The molecule has 0 N–H and O–H groups in total. The van der Waals surface area contributed by atoms with Crippen molar-refractivity contribution in [1.82, 2.24) is 0 Å². The maximum absolute atomic E-state index is 12.8. The summed E-state index contributed by atoms with van der Waals surface area (Å²) in [5, 5.41) is 11.0. The molecule has 34 heavy (non-hydrogen) atoms. The van der Waals surface area contributed by atoms with Crippen LogP contribution in [0.25, 0.3) is 0 Å². The Labute approximate surface area is 196 Å². The Morgan fingerprint density at radius 1 is 1.15 bits per heavy atom. The summed E-state index contributed by atoms with van der Waals surface area (Å²) in [5.74, 6) is -1.94. The first-order valence-corrected chi connectivity index (χ1v) is 9.97. The lowest BCUT2D eigenvalue weighted by atomic mass is 10.1. The van der Waals surface area contributed by atoms with Crippen molar-refractivity contribution in [3.63, 3.8) is 0 Å². The van der Waals surface area contributed by atoms with Crippen LogP contribution in [0.2, 0.25) is 5.02 Å². The molecule has 0 aliphatic carbocycles. The normalized spacial score (nSPS) is 12.1. The number of nitrogens with zero attached hydrogens (tertiary/aromatic N) is 1. The third kappa shape index (κ3) is 7.59. The average molecular weight is 506 g/mol. The molecule has 2 aromatic carbocycles. The lowest BCUT2D eigenvalue weighted by molar-refractivity contribution is -0.385. The Morgan fingerprint density at radius 3 is 2.44 bits per heavy atom. The molecule has 184 valence electrons. The largest absolute Gasteiger partial charge is 0.461 e. The number of halogens is 4. The van der Waals surface area contributed by atoms with Gasteiger partial charge in [-0.2, -0.15) is 13.2 Å². The van der Waals surface area contributed by atoms with E-state index in [1.54, 1.807) is 0 Å². The third-order valence-electron chi connectivity index (χ3n) is 4.24. The zero-order valence-electron chi connectivity index (χ0n) is 17.9. The number of rotatable bonds is 10. The molecule has 13 heteroatoms. The van der Waals surface area contributed by atoms with E-state index in [0.29, 0.717) is 6.07 Å². The Hall–Kier alpha value is -3.38. The van der Waals surface area contributed by atoms with Crippen LogP contribution in [0.5, 0.6) is 11.5 Å². The summed E-state index contributed by atoms with van der Waals surface area (Å²) >= 11 is 5.86. The van der Waals surface area contributed by atoms with Crippen molar-refractivity contribution in [3.05, 3.63) is 62.7 Å². The van der Waals surface area contributed by atoms with E-state index in [1.807, 2.05) is 0 Å². The van der Waals surface area contributed by atoms with Gasteiger partial charge in [0.25, 0.3) is 5.69 Å². The molecule has 0 aromatic heterocycles. The molecule has 0 bridgehead atoms. The highest BCUT2D eigenvalue weighted by molar-refractivity contribution is 6.32. The number of methoxy groups -OCH3 is 1. The smallest absolute Gasteiger partial charge is 0.416 e. The highest BCUT2D eigenvalue weighted by Gasteiger charge is 2.31. The van der Waals surface area contributed by atoms with Gasteiger partial charge in [0.05, 0.1) is 28.5 Å². The first-order chi connectivity index (χ1) is 15.9. The van der Waals surface area contributed by atoms with Crippen LogP contribution in [0.1, 0.15) is 18.1 Å². The van der Waals surface area contributed by atoms with Gasteiger partial charge in [0, 0.05) is 18.7 Å². The Kier molecular flexibility index (Phi) is 9.21. The molecule has 0 spiro atoms. The van der Waals surface area contributed by atoms with Crippen LogP contribution >= 0.6 is 11.6 Å². The Bertz CT molecular complexity index is 1060. The van der Waals surface area contributed by atoms with Crippen LogP contribution in [-0.2, 0) is 36.4 Å². The topological polar surface area (TPSA) is 114 Å². The van der Waals surface area contributed by atoms with Crippen molar-refractivity contribution in [2.75, 3.05) is 20.3 Å². The number of benzene rings is 2. The second kappa shape index (κ2) is 11.7. The minimum atomic E-state index is -4.60. The molecule has 0 fully saturated rings. The van der Waals surface area contributed by atoms with Crippen molar-refractivity contribution in [3.8, 4) is 11.5 Å². The van der Waals surface area contributed by atoms with Gasteiger partial charge in [-0.25, -0.2) is 4.79 Å². The highest BCUT2D eigenvalue weighted by Crippen LogP contribution is 2.37. The van der Waals surface area contributed by atoms with E-state index in [4.69, 9.17) is 30.5 Å². The van der Waals surface area contributed by atoms with Crippen LogP contribution in [0.3, 0.4) is 0 Å². The summed E-state index contributed by atoms with van der Waals surface area (Å²) in [6, 6.07) is 5.83. The molecule has 0 saturated heterocycles. The number of alkyl halides is 3. The van der Waals surface area contributed by atoms with E-state index < -0.39 is 46.8 Å². The molecular formula is C21H19ClF3NO8. The minimum absolute atomic E-state index is 0.0258. The predicted octanol–water partition coefficient (Wildman–Crippen LogP) is 4.72. The summed E-state index contributed by atoms with van der Waals surface area (Å²) in [7, 11) is 1.41. The molecule has 0 aliphatic heterocycles. The van der Waals surface area contributed by atoms with Crippen molar-refractivity contribution in [2.45, 2.75) is 25.6 Å². The summed E-state index contributed by atoms with van der Waals surface area (Å²) in [4.78, 5) is 34.6. The van der Waals surface area contributed by atoms with Crippen molar-refractivity contribution in [1.29, 1.82) is 0 Å². The number of ether oxygens (including phenoxy) is 4. The molecule has 9 nitrogen and oxygen atoms in total. The van der Waals surface area contributed by atoms with Crippen molar-refractivity contribution in [2.24, 2.45) is 0 Å². The minimum Gasteiger partial charge on any atom is -0.461 e. The Morgan fingerprint density at radius 2 is 1.85 bits per heavy atom. The molecule has 0 saturated carbocycles. The van der Waals surface area contributed by atoms with Gasteiger partial charge in [0.15, 0.2) is 6.10 Å². The van der Waals surface area contributed by atoms with Gasteiger partial charge in [-0.15, -0.1) is 0 Å². The van der Waals surface area contributed by atoms with E-state index in [1.165, 1.54) is 20.1 Å². The van der Waals surface area contributed by atoms with Crippen LogP contribution in [0, 0.1) is 10.1 Å². The fraction of sp³-hybridized carbons (Fsp3) is 0.333. The predicted molar refractivity (Wildman–Crippen MR) is 112 cm³/mol. The molecule has 2 aromatic rings. The van der Waals surface area contributed by atoms with Crippen LogP contribution < -0.4 is 4.74 Å². The van der Waals surface area contributed by atoms with Crippen LogP contribution in [0.4, 0.5) is 18.9 Å². The monoisotopic (exact) mass is 505 g/mol. The highest BCUT2D eigenvalue weighted by atomic mass is 35.5. The summed E-state index contributed by atoms with van der Waals surface area (Å²) in [5.41, 5.74) is -1.53. The van der Waals surface area contributed by atoms with E-state index >= 15 is 0 Å². The summed E-state index contributed by atoms with van der Waals surface area (Å²) < 4.78 is 58.4. The number of esters is 2. The van der Waals surface area contributed by atoms with Gasteiger partial charge >= 0.3 is 18.1 Å². The molecule has 1 unspecified atom stereocenters. The number of carbonyl (C=O) groups is 2. The maximum atomic E-state index is 12.8. The second-order valence-electron chi connectivity index (χ2n) is 6.76. The van der Waals surface area contributed by atoms with Crippen molar-refractivity contribution >= 4 is 29.2 Å². The van der Waals surface area contributed by atoms with Gasteiger partial charge in [-0.05, 0) is 37.3 Å². The quantitative estimate of drug-likeness (QED) is 0.197. The lowest BCUT2D eigenvalue weighted by Gasteiger charge is -2.14. The molecule has 0 heterocycles. The van der Waals surface area contributed by atoms with E-state index in [9.17, 15) is 32.9 Å². The Balaban J connectivity index is 2.16.